The molecular formula is C38H37F2N3O5S2. The number of hydrogen-bond acceptors (Lipinski definition) is 7. The zero-order valence-corrected chi connectivity index (χ0v) is 29.7. The Hall–Kier alpha value is -4.68. The van der Waals surface area contributed by atoms with Gasteiger partial charge in [0.15, 0.2) is 0 Å². The highest BCUT2D eigenvalue weighted by atomic mass is 32.2. The Kier molecular flexibility index (Phi) is 10.0. The number of nitrogens with zero attached hydrogens (tertiary/aromatic N) is 3. The van der Waals surface area contributed by atoms with E-state index in [0.29, 0.717) is 44.1 Å². The van der Waals surface area contributed by atoms with Crippen LogP contribution in [0.3, 0.4) is 0 Å². The van der Waals surface area contributed by atoms with E-state index in [9.17, 15) is 13.2 Å². The van der Waals surface area contributed by atoms with Gasteiger partial charge in [-0.05, 0) is 92.6 Å². The summed E-state index contributed by atoms with van der Waals surface area (Å²) < 4.78 is 70.4. The minimum atomic E-state index is -4.14. The molecule has 50 heavy (non-hydrogen) atoms. The van der Waals surface area contributed by atoms with E-state index in [1.165, 1.54) is 31.0 Å². The number of esters is 1. The van der Waals surface area contributed by atoms with Crippen molar-refractivity contribution in [3.8, 4) is 17.2 Å². The third-order valence-electron chi connectivity index (χ3n) is 9.01. The van der Waals surface area contributed by atoms with Crippen molar-refractivity contribution in [3.05, 3.63) is 131 Å². The second-order valence-corrected chi connectivity index (χ2v) is 15.3. The van der Waals surface area contributed by atoms with Gasteiger partial charge in [0.1, 0.15) is 27.9 Å². The van der Waals surface area contributed by atoms with Crippen molar-refractivity contribution in [2.45, 2.75) is 50.7 Å². The number of carbonyl (C=O) groups excluding carboxylic acids is 1. The van der Waals surface area contributed by atoms with Gasteiger partial charge in [0.2, 0.25) is 0 Å². The summed E-state index contributed by atoms with van der Waals surface area (Å²) >= 11 is 1.37. The van der Waals surface area contributed by atoms with Gasteiger partial charge in [0.25, 0.3) is 10.0 Å². The minimum Gasteiger partial charge on any atom is -0.466 e. The Morgan fingerprint density at radius 3 is 2.58 bits per heavy atom. The average Bonchev–Trinajstić information content (AvgIpc) is 3.77. The molecular weight excluding hydrogens is 681 g/mol. The minimum absolute atomic E-state index is 0.0321. The number of halogens is 2. The Morgan fingerprint density at radius 1 is 1.04 bits per heavy atom. The maximum Gasteiger partial charge on any atom is 0.306 e. The fraction of sp³-hybridized carbons (Fsp3) is 0.263. The van der Waals surface area contributed by atoms with Crippen LogP contribution in [0.5, 0.6) is 11.5 Å². The zero-order chi connectivity index (χ0) is 35.6. The first kappa shape index (κ1) is 35.2. The molecule has 5 aromatic rings. The largest absolute Gasteiger partial charge is 0.466 e. The predicted octanol–water partition coefficient (Wildman–Crippen LogP) is 8.85. The number of hydrogen-bond donors (Lipinski definition) is 0. The smallest absolute Gasteiger partial charge is 0.306 e. The first-order chi connectivity index (χ1) is 23.9. The van der Waals surface area contributed by atoms with Crippen LogP contribution in [0.1, 0.15) is 56.4 Å². The summed E-state index contributed by atoms with van der Waals surface area (Å²) in [5.74, 6) is -0.734. The van der Waals surface area contributed by atoms with Gasteiger partial charge in [-0.2, -0.15) is 5.10 Å². The predicted molar refractivity (Wildman–Crippen MR) is 193 cm³/mol. The number of ether oxygens (including phenoxy) is 2. The quantitative estimate of drug-likeness (QED) is 0.119. The molecule has 0 bridgehead atoms. The van der Waals surface area contributed by atoms with E-state index < -0.39 is 20.6 Å². The highest BCUT2D eigenvalue weighted by Gasteiger charge is 2.46. The highest BCUT2D eigenvalue weighted by Crippen LogP contribution is 2.41. The standard InChI is InChI=1S/C38H37F2N3O5S2/c1-5-47-36(44)15-12-26-8-6-11-32(37(26)40)25(2)33-18-20-42(41-33)28-9-7-10-29(23-28)48-30-13-14-34-27(22-30)17-21-43(34)50(45,46)38(3)19-16-31(49-4)24-35(38)39/h6-11,13-14,16-18,20-25H,5,12,15,19H2,1-4H3. The van der Waals surface area contributed by atoms with E-state index in [0.717, 1.165) is 9.66 Å². The van der Waals surface area contributed by atoms with Crippen molar-refractivity contribution >= 4 is 38.7 Å². The molecule has 1 aliphatic rings. The van der Waals surface area contributed by atoms with Crippen LogP contribution in [0.4, 0.5) is 8.78 Å². The zero-order valence-electron chi connectivity index (χ0n) is 28.1. The van der Waals surface area contributed by atoms with E-state index >= 15 is 8.78 Å². The first-order valence-corrected chi connectivity index (χ1v) is 18.9. The second-order valence-electron chi connectivity index (χ2n) is 12.2. The summed E-state index contributed by atoms with van der Waals surface area (Å²) in [4.78, 5) is 12.5. The van der Waals surface area contributed by atoms with E-state index in [2.05, 4.69) is 0 Å². The molecule has 0 spiro atoms. The van der Waals surface area contributed by atoms with Crippen molar-refractivity contribution in [1.82, 2.24) is 13.8 Å². The van der Waals surface area contributed by atoms with Crippen molar-refractivity contribution < 1.29 is 31.5 Å². The molecule has 3 aromatic carbocycles. The first-order valence-electron chi connectivity index (χ1n) is 16.2. The van der Waals surface area contributed by atoms with Crippen LogP contribution in [-0.4, -0.2) is 45.7 Å². The SMILES string of the molecule is CCOC(=O)CCc1cccc(C(C)c2ccn(-c3cccc(Oc4ccc5c(ccn5S(=O)(=O)C5(C)CC=C(SC)C=C5F)c4)c3)n2)c1F. The number of aryl methyl sites for hydroxylation is 1. The van der Waals surface area contributed by atoms with Crippen LogP contribution in [0.25, 0.3) is 16.6 Å². The lowest BCUT2D eigenvalue weighted by atomic mass is 9.94. The number of aromatic nitrogens is 3. The number of benzene rings is 3. The van der Waals surface area contributed by atoms with Gasteiger partial charge in [-0.25, -0.2) is 25.9 Å². The summed E-state index contributed by atoms with van der Waals surface area (Å²) in [7, 11) is -4.14. The van der Waals surface area contributed by atoms with Crippen molar-refractivity contribution in [1.29, 1.82) is 0 Å². The number of fused-ring (bicyclic) bond motifs is 1. The Morgan fingerprint density at radius 2 is 1.82 bits per heavy atom. The molecule has 2 unspecified atom stereocenters. The lowest BCUT2D eigenvalue weighted by Crippen LogP contribution is -2.40. The fourth-order valence-electron chi connectivity index (χ4n) is 5.98. The Bertz CT molecular complexity index is 2240. The van der Waals surface area contributed by atoms with Crippen LogP contribution < -0.4 is 4.74 Å². The highest BCUT2D eigenvalue weighted by molar-refractivity contribution is 8.02. The monoisotopic (exact) mass is 717 g/mol. The summed E-state index contributed by atoms with van der Waals surface area (Å²) in [5, 5.41) is 5.34. The van der Waals surface area contributed by atoms with Crippen LogP contribution in [0, 0.1) is 5.82 Å². The number of thioether (sulfide) groups is 1. The van der Waals surface area contributed by atoms with Gasteiger partial charge in [-0.1, -0.05) is 37.3 Å². The van der Waals surface area contributed by atoms with Crippen LogP contribution in [0.15, 0.2) is 108 Å². The van der Waals surface area contributed by atoms with E-state index in [1.54, 1.807) is 72.4 Å². The molecule has 2 heterocycles. The third-order valence-corrected chi connectivity index (χ3v) is 12.1. The van der Waals surface area contributed by atoms with Crippen LogP contribution in [-0.2, 0) is 26.0 Å². The lowest BCUT2D eigenvalue weighted by molar-refractivity contribution is -0.143. The molecule has 0 amide bonds. The van der Waals surface area contributed by atoms with Gasteiger partial charge in [0, 0.05) is 41.1 Å². The molecule has 8 nitrogen and oxygen atoms in total. The topological polar surface area (TPSA) is 92.4 Å². The van der Waals surface area contributed by atoms with Crippen LogP contribution in [0.2, 0.25) is 0 Å². The third kappa shape index (κ3) is 6.74. The molecule has 0 aliphatic heterocycles. The Labute approximate surface area is 294 Å². The van der Waals surface area contributed by atoms with Gasteiger partial charge in [0.05, 0.1) is 23.5 Å². The second kappa shape index (κ2) is 14.3. The molecule has 1 aliphatic carbocycles. The maximum atomic E-state index is 15.5. The van der Waals surface area contributed by atoms with Crippen molar-refractivity contribution in [2.24, 2.45) is 0 Å². The summed E-state index contributed by atoms with van der Waals surface area (Å²) in [6, 6.07) is 21.1. The molecule has 2 atom stereocenters. The van der Waals surface area contributed by atoms with Crippen LogP contribution >= 0.6 is 11.8 Å². The summed E-state index contributed by atoms with van der Waals surface area (Å²) in [5.41, 5.74) is 2.74. The number of allylic oxidation sites excluding steroid dienone is 2. The molecule has 0 fully saturated rings. The molecule has 260 valence electrons. The van der Waals surface area contributed by atoms with Gasteiger partial charge in [-0.3, -0.25) is 4.79 Å². The molecule has 0 saturated carbocycles. The molecule has 6 rings (SSSR count). The van der Waals surface area contributed by atoms with E-state index in [4.69, 9.17) is 14.6 Å². The van der Waals surface area contributed by atoms with Gasteiger partial charge < -0.3 is 9.47 Å². The summed E-state index contributed by atoms with van der Waals surface area (Å²) in [6.07, 6.45) is 8.48. The van der Waals surface area contributed by atoms with E-state index in [1.807, 2.05) is 37.4 Å². The maximum absolute atomic E-state index is 15.5. The van der Waals surface area contributed by atoms with Gasteiger partial charge >= 0.3 is 5.97 Å². The molecule has 12 heteroatoms. The summed E-state index contributed by atoms with van der Waals surface area (Å²) in [6.45, 7) is 5.32. The lowest BCUT2D eigenvalue weighted by Gasteiger charge is -2.30. The number of rotatable bonds is 12. The van der Waals surface area contributed by atoms with Crippen molar-refractivity contribution in [3.63, 3.8) is 0 Å². The van der Waals surface area contributed by atoms with Gasteiger partial charge in [-0.15, -0.1) is 11.8 Å². The molecule has 0 N–H and O–H groups in total. The fourth-order valence-corrected chi connectivity index (χ4v) is 8.13. The molecule has 2 aromatic heterocycles. The van der Waals surface area contributed by atoms with E-state index in [-0.39, 0.29) is 43.6 Å². The van der Waals surface area contributed by atoms with Crippen molar-refractivity contribution in [2.75, 3.05) is 12.9 Å². The average molecular weight is 718 g/mol. The molecule has 0 radical (unpaired) electrons. The Balaban J connectivity index is 1.18. The number of carbonyl (C=O) groups is 1. The normalized spacial score (nSPS) is 16.9. The molecule has 0 saturated heterocycles.